The van der Waals surface area contributed by atoms with E-state index in [1.165, 1.54) is 0 Å². The van der Waals surface area contributed by atoms with Gasteiger partial charge in [0.15, 0.2) is 0 Å². The third-order valence-corrected chi connectivity index (χ3v) is 1.30. The van der Waals surface area contributed by atoms with Crippen LogP contribution < -0.4 is 11.1 Å². The van der Waals surface area contributed by atoms with E-state index in [9.17, 15) is 19.2 Å². The van der Waals surface area contributed by atoms with E-state index in [0.29, 0.717) is 17.7 Å². The number of imide groups is 1. The number of primary amides is 1. The van der Waals surface area contributed by atoms with Gasteiger partial charge in [0.25, 0.3) is 5.91 Å². The lowest BCUT2D eigenvalue weighted by Gasteiger charge is -1.99. The van der Waals surface area contributed by atoms with Gasteiger partial charge in [0, 0.05) is 17.7 Å². The highest BCUT2D eigenvalue weighted by molar-refractivity contribution is 6.02. The van der Waals surface area contributed by atoms with Gasteiger partial charge < -0.3 is 20.7 Å². The Kier molecular flexibility index (Phi) is 11.2. The minimum Gasteiger partial charge on any atom is -0.478 e. The van der Waals surface area contributed by atoms with Gasteiger partial charge in [-0.2, -0.15) is 0 Å². The van der Waals surface area contributed by atoms with E-state index in [-0.39, 0.29) is 13.2 Å². The summed E-state index contributed by atoms with van der Waals surface area (Å²) in [5.41, 5.74) is 4.90. The van der Waals surface area contributed by atoms with Gasteiger partial charge in [-0.05, 0) is 6.92 Å². The Labute approximate surface area is 114 Å². The molecule has 5 N–H and O–H groups in total. The number of aliphatic hydroxyl groups excluding tert-OH is 1. The van der Waals surface area contributed by atoms with E-state index in [2.05, 4.69) is 17.0 Å². The van der Waals surface area contributed by atoms with Crippen molar-refractivity contribution in [3.8, 4) is 0 Å². The molecule has 0 rings (SSSR count). The number of rotatable bonds is 5. The first-order valence-electron chi connectivity index (χ1n) is 5.15. The molecular weight excluding hydrogens is 272 g/mol. The number of aliphatic carboxylic acids is 1. The number of carboxylic acid groups (broad SMARTS) is 1. The summed E-state index contributed by atoms with van der Waals surface area (Å²) >= 11 is 0. The molecule has 0 fully saturated rings. The first kappa shape index (κ1) is 19.7. The zero-order valence-corrected chi connectivity index (χ0v) is 10.8. The SMILES string of the molecule is C=C(C)C(=O)OCCO.NC(=O)NC(=O)/C=C\C(=O)O. The Morgan fingerprint density at radius 2 is 1.85 bits per heavy atom. The van der Waals surface area contributed by atoms with Crippen LogP contribution in [0.3, 0.4) is 0 Å². The van der Waals surface area contributed by atoms with Crippen LogP contribution in [0.25, 0.3) is 0 Å². The fourth-order valence-corrected chi connectivity index (χ4v) is 0.572. The van der Waals surface area contributed by atoms with E-state index in [1.807, 2.05) is 0 Å². The van der Waals surface area contributed by atoms with Crippen molar-refractivity contribution in [3.05, 3.63) is 24.3 Å². The first-order chi connectivity index (χ1) is 9.20. The van der Waals surface area contributed by atoms with Gasteiger partial charge in [-0.25, -0.2) is 14.4 Å². The van der Waals surface area contributed by atoms with Crippen LogP contribution in [0.15, 0.2) is 24.3 Å². The molecule has 3 amide bonds. The van der Waals surface area contributed by atoms with E-state index in [1.54, 1.807) is 12.2 Å². The Morgan fingerprint density at radius 3 is 2.20 bits per heavy atom. The van der Waals surface area contributed by atoms with E-state index in [0.717, 1.165) is 0 Å². The molecule has 0 unspecified atom stereocenters. The second-order valence-electron chi connectivity index (χ2n) is 3.16. The summed E-state index contributed by atoms with van der Waals surface area (Å²) in [5, 5.41) is 17.9. The molecule has 0 saturated heterocycles. The maximum absolute atomic E-state index is 10.5. The number of ether oxygens (including phenoxy) is 1. The molecule has 0 atom stereocenters. The monoisotopic (exact) mass is 288 g/mol. The van der Waals surface area contributed by atoms with Crippen LogP contribution in [0.5, 0.6) is 0 Å². The van der Waals surface area contributed by atoms with E-state index < -0.39 is 23.9 Å². The van der Waals surface area contributed by atoms with Crippen LogP contribution >= 0.6 is 0 Å². The molecule has 0 saturated carbocycles. The maximum atomic E-state index is 10.5. The first-order valence-corrected chi connectivity index (χ1v) is 5.15. The molecule has 20 heavy (non-hydrogen) atoms. The van der Waals surface area contributed by atoms with E-state index in [4.69, 9.17) is 10.2 Å². The summed E-state index contributed by atoms with van der Waals surface area (Å²) in [4.78, 5) is 40.6. The molecule has 112 valence electrons. The Hall–Kier alpha value is -2.68. The lowest BCUT2D eigenvalue weighted by molar-refractivity contribution is -0.140. The summed E-state index contributed by atoms with van der Waals surface area (Å²) in [6.45, 7) is 4.81. The van der Waals surface area contributed by atoms with Crippen LogP contribution in [-0.2, 0) is 19.1 Å². The minimum absolute atomic E-state index is 0.0473. The highest BCUT2D eigenvalue weighted by atomic mass is 16.5. The lowest BCUT2D eigenvalue weighted by atomic mass is 10.4. The predicted molar refractivity (Wildman–Crippen MR) is 67.4 cm³/mol. The Morgan fingerprint density at radius 1 is 1.30 bits per heavy atom. The molecule has 0 heterocycles. The molecule has 0 aromatic heterocycles. The molecule has 0 spiro atoms. The molecule has 0 aromatic rings. The smallest absolute Gasteiger partial charge is 0.333 e. The largest absolute Gasteiger partial charge is 0.478 e. The highest BCUT2D eigenvalue weighted by Crippen LogP contribution is 1.89. The van der Waals surface area contributed by atoms with E-state index >= 15 is 0 Å². The number of carbonyl (C=O) groups is 4. The van der Waals surface area contributed by atoms with Crippen molar-refractivity contribution < 1.29 is 34.1 Å². The normalized spacial score (nSPS) is 9.10. The number of carbonyl (C=O) groups excluding carboxylic acids is 3. The summed E-state index contributed by atoms with van der Waals surface area (Å²) in [7, 11) is 0. The molecule has 0 aliphatic rings. The van der Waals surface area contributed by atoms with Crippen molar-refractivity contribution in [2.75, 3.05) is 13.2 Å². The van der Waals surface area contributed by atoms with Gasteiger partial charge in [0.1, 0.15) is 6.61 Å². The zero-order chi connectivity index (χ0) is 16.1. The van der Waals surface area contributed by atoms with Gasteiger partial charge in [0.2, 0.25) is 0 Å². The topological polar surface area (TPSA) is 156 Å². The van der Waals surface area contributed by atoms with Crippen LogP contribution in [0.2, 0.25) is 0 Å². The van der Waals surface area contributed by atoms with Crippen molar-refractivity contribution in [3.63, 3.8) is 0 Å². The summed E-state index contributed by atoms with van der Waals surface area (Å²) in [6.07, 6.45) is 1.28. The van der Waals surface area contributed by atoms with Crippen LogP contribution in [-0.4, -0.2) is 47.3 Å². The van der Waals surface area contributed by atoms with Crippen molar-refractivity contribution in [1.82, 2.24) is 5.32 Å². The van der Waals surface area contributed by atoms with Gasteiger partial charge >= 0.3 is 18.0 Å². The fraction of sp³-hybridized carbons (Fsp3) is 0.273. The minimum atomic E-state index is -1.27. The molecule has 9 heteroatoms. The van der Waals surface area contributed by atoms with Crippen molar-refractivity contribution in [1.29, 1.82) is 0 Å². The molecule has 0 aliphatic heterocycles. The average Bonchev–Trinajstić information content (AvgIpc) is 2.33. The number of urea groups is 1. The average molecular weight is 288 g/mol. The molecule has 0 aliphatic carbocycles. The number of carboxylic acids is 1. The maximum Gasteiger partial charge on any atom is 0.333 e. The lowest BCUT2D eigenvalue weighted by Crippen LogP contribution is -2.33. The zero-order valence-electron chi connectivity index (χ0n) is 10.8. The number of amides is 3. The predicted octanol–water partition coefficient (Wildman–Crippen LogP) is -1.08. The van der Waals surface area contributed by atoms with Crippen molar-refractivity contribution >= 4 is 23.9 Å². The summed E-state index contributed by atoms with van der Waals surface area (Å²) in [6, 6.07) is -1.02. The molecule has 0 aromatic carbocycles. The molecular formula is C11H16N2O7. The highest BCUT2D eigenvalue weighted by Gasteiger charge is 2.00. The number of hydrogen-bond donors (Lipinski definition) is 4. The molecule has 9 nitrogen and oxygen atoms in total. The van der Waals surface area contributed by atoms with Crippen LogP contribution in [0.1, 0.15) is 6.92 Å². The quantitative estimate of drug-likeness (QED) is 0.370. The van der Waals surface area contributed by atoms with Crippen molar-refractivity contribution in [2.24, 2.45) is 5.73 Å². The Bertz CT molecular complexity index is 415. The van der Waals surface area contributed by atoms with Gasteiger partial charge in [-0.1, -0.05) is 6.58 Å². The Balaban J connectivity index is 0. The molecule has 0 bridgehead atoms. The van der Waals surface area contributed by atoms with Crippen LogP contribution in [0, 0.1) is 0 Å². The standard InChI is InChI=1S/C6H10O3.C5H6N2O4/c1-5(2)6(8)9-4-3-7;6-5(11)7-3(8)1-2-4(9)10/h7H,1,3-4H2,2H3;1-2H,(H,9,10)(H3,6,7,8,11)/b;2-1-. The fourth-order valence-electron chi connectivity index (χ4n) is 0.572. The third-order valence-electron chi connectivity index (χ3n) is 1.30. The second-order valence-corrected chi connectivity index (χ2v) is 3.16. The number of hydrogen-bond acceptors (Lipinski definition) is 6. The third kappa shape index (κ3) is 15.3. The number of esters is 1. The van der Waals surface area contributed by atoms with Gasteiger partial charge in [-0.15, -0.1) is 0 Å². The van der Waals surface area contributed by atoms with Gasteiger partial charge in [-0.3, -0.25) is 10.1 Å². The number of nitrogens with one attached hydrogen (secondary N) is 1. The summed E-state index contributed by atoms with van der Waals surface area (Å²) < 4.78 is 4.46. The number of nitrogens with two attached hydrogens (primary N) is 1. The second kappa shape index (κ2) is 11.4. The van der Waals surface area contributed by atoms with Crippen LogP contribution in [0.4, 0.5) is 4.79 Å². The van der Waals surface area contributed by atoms with Gasteiger partial charge in [0.05, 0.1) is 6.61 Å². The van der Waals surface area contributed by atoms with Crippen molar-refractivity contribution in [2.45, 2.75) is 6.92 Å². The molecule has 0 radical (unpaired) electrons. The number of aliphatic hydroxyl groups is 1. The summed E-state index contributed by atoms with van der Waals surface area (Å²) in [5.74, 6) is -2.59.